The van der Waals surface area contributed by atoms with Crippen LogP contribution in [0.4, 0.5) is 26.3 Å². The molecule has 0 aliphatic heterocycles. The van der Waals surface area contributed by atoms with Crippen molar-refractivity contribution in [2.45, 2.75) is 11.0 Å². The molecule has 35 heavy (non-hydrogen) atoms. The number of rotatable bonds is 14. The Morgan fingerprint density at radius 2 is 1.11 bits per heavy atom. The number of methoxy groups -OCH3 is 1. The second-order valence-electron chi connectivity index (χ2n) is 6.01. The third-order valence-electron chi connectivity index (χ3n) is 3.36. The van der Waals surface area contributed by atoms with Gasteiger partial charge in [-0.1, -0.05) is 0 Å². The third kappa shape index (κ3) is 10.0. The van der Waals surface area contributed by atoms with E-state index in [1.165, 1.54) is 7.11 Å². The fourth-order valence-electron chi connectivity index (χ4n) is 1.87. The lowest BCUT2D eigenvalue weighted by Crippen LogP contribution is -2.29. The number of hydrogen-bond acceptors (Lipinski definition) is 11. The predicted molar refractivity (Wildman–Crippen MR) is 101 cm³/mol. The monoisotopic (exact) mass is 564 g/mol. The van der Waals surface area contributed by atoms with Gasteiger partial charge in [-0.05, 0) is 12.1 Å². The minimum Gasteiger partial charge on any atom is -0.460 e. The lowest BCUT2D eigenvalue weighted by molar-refractivity contribution is -0.0502. The molecule has 0 atom stereocenters. The highest BCUT2D eigenvalue weighted by atomic mass is 32.2. The van der Waals surface area contributed by atoms with Crippen LogP contribution in [0.2, 0.25) is 0 Å². The molecule has 0 radical (unpaired) electrons. The molecular formula is C16H18F6O11S2. The highest BCUT2D eigenvalue weighted by Gasteiger charge is 2.50. The molecular weight excluding hydrogens is 546 g/mol. The molecule has 0 saturated carbocycles. The number of esters is 1. The van der Waals surface area contributed by atoms with Crippen LogP contribution in [0.5, 0.6) is 11.5 Å². The summed E-state index contributed by atoms with van der Waals surface area (Å²) in [5.74, 6) is -4.17. The van der Waals surface area contributed by atoms with E-state index in [0.29, 0.717) is 25.3 Å². The summed E-state index contributed by atoms with van der Waals surface area (Å²) in [6.07, 6.45) is 0. The lowest BCUT2D eigenvalue weighted by atomic mass is 10.2. The third-order valence-corrected chi connectivity index (χ3v) is 5.32. The minimum atomic E-state index is -6.34. The van der Waals surface area contributed by atoms with Gasteiger partial charge in [0.1, 0.15) is 18.1 Å². The number of hydrogen-bond donors (Lipinski definition) is 0. The summed E-state index contributed by atoms with van der Waals surface area (Å²) in [6, 6.07) is 0.780. The normalized spacial score (nSPS) is 12.9. The molecule has 202 valence electrons. The fourth-order valence-corrected chi connectivity index (χ4v) is 2.76. The first-order valence-corrected chi connectivity index (χ1v) is 11.8. The molecule has 0 N–H and O–H groups in total. The molecule has 0 amide bonds. The Kier molecular flexibility index (Phi) is 11.0. The van der Waals surface area contributed by atoms with Gasteiger partial charge in [0.15, 0.2) is 0 Å². The standard InChI is InChI=1S/C16H18F6O11S2/c1-28-2-3-29-4-5-30-6-7-31-14(23)11-8-12(32-34(24,25)15(17,18)19)10-13(9-11)33-35(26,27)16(20,21)22/h8-10H,2-7H2,1H3. The molecule has 0 saturated heterocycles. The molecule has 0 bridgehead atoms. The van der Waals surface area contributed by atoms with Gasteiger partial charge in [0.2, 0.25) is 0 Å². The molecule has 1 aromatic carbocycles. The topological polar surface area (TPSA) is 141 Å². The van der Waals surface area contributed by atoms with Crippen LogP contribution in [0.15, 0.2) is 18.2 Å². The van der Waals surface area contributed by atoms with Gasteiger partial charge in [-0.15, -0.1) is 0 Å². The highest BCUT2D eigenvalue weighted by Crippen LogP contribution is 2.33. The molecule has 11 nitrogen and oxygen atoms in total. The Bertz CT molecular complexity index is 988. The van der Waals surface area contributed by atoms with E-state index in [9.17, 15) is 48.0 Å². The first-order valence-electron chi connectivity index (χ1n) is 8.98. The average molecular weight is 564 g/mol. The average Bonchev–Trinajstić information content (AvgIpc) is 2.69. The zero-order valence-electron chi connectivity index (χ0n) is 17.5. The van der Waals surface area contributed by atoms with E-state index in [4.69, 9.17) is 18.9 Å². The zero-order valence-corrected chi connectivity index (χ0v) is 19.2. The summed E-state index contributed by atoms with van der Waals surface area (Å²) in [4.78, 5) is 12.1. The molecule has 1 rings (SSSR count). The van der Waals surface area contributed by atoms with Gasteiger partial charge in [0, 0.05) is 13.2 Å². The van der Waals surface area contributed by atoms with Crippen LogP contribution in [0, 0.1) is 0 Å². The largest absolute Gasteiger partial charge is 0.534 e. The SMILES string of the molecule is COCCOCCOCCOC(=O)c1cc(OS(=O)(=O)C(F)(F)F)cc(OS(=O)(=O)C(F)(F)F)c1. The number of carbonyl (C=O) groups is 1. The van der Waals surface area contributed by atoms with Crippen molar-refractivity contribution in [2.24, 2.45) is 0 Å². The van der Waals surface area contributed by atoms with Gasteiger partial charge in [-0.2, -0.15) is 43.2 Å². The molecule has 0 aliphatic rings. The van der Waals surface area contributed by atoms with E-state index in [0.717, 1.165) is 0 Å². The van der Waals surface area contributed by atoms with E-state index in [2.05, 4.69) is 8.37 Å². The molecule has 0 aromatic heterocycles. The molecule has 0 fully saturated rings. The van der Waals surface area contributed by atoms with Crippen LogP contribution in [-0.2, 0) is 39.2 Å². The van der Waals surface area contributed by atoms with Crippen LogP contribution < -0.4 is 8.37 Å². The van der Waals surface area contributed by atoms with Crippen LogP contribution >= 0.6 is 0 Å². The fraction of sp³-hybridized carbons (Fsp3) is 0.562. The minimum absolute atomic E-state index is 0.0766. The molecule has 0 heterocycles. The summed E-state index contributed by atoms with van der Waals surface area (Å²) in [5, 5.41) is 0. The molecule has 19 heteroatoms. The summed E-state index contributed by atoms with van der Waals surface area (Å²) < 4.78 is 147. The predicted octanol–water partition coefficient (Wildman–Crippen LogP) is 1.98. The summed E-state index contributed by atoms with van der Waals surface area (Å²) in [7, 11) is -11.2. The van der Waals surface area contributed by atoms with Crippen molar-refractivity contribution in [3.63, 3.8) is 0 Å². The maximum atomic E-state index is 12.6. The van der Waals surface area contributed by atoms with Gasteiger partial charge < -0.3 is 27.3 Å². The van der Waals surface area contributed by atoms with Gasteiger partial charge in [-0.3, -0.25) is 0 Å². The molecule has 0 spiro atoms. The van der Waals surface area contributed by atoms with Crippen LogP contribution in [0.25, 0.3) is 0 Å². The van der Waals surface area contributed by atoms with Gasteiger partial charge in [0.25, 0.3) is 0 Å². The second kappa shape index (κ2) is 12.6. The Balaban J connectivity index is 2.97. The number of halogens is 6. The van der Waals surface area contributed by atoms with Crippen molar-refractivity contribution in [3.05, 3.63) is 23.8 Å². The van der Waals surface area contributed by atoms with Crippen molar-refractivity contribution in [1.29, 1.82) is 0 Å². The van der Waals surface area contributed by atoms with E-state index in [1.807, 2.05) is 0 Å². The van der Waals surface area contributed by atoms with Crippen LogP contribution in [0.3, 0.4) is 0 Å². The Labute approximate surface area is 195 Å². The van der Waals surface area contributed by atoms with Crippen molar-refractivity contribution in [3.8, 4) is 11.5 Å². The molecule has 0 unspecified atom stereocenters. The Morgan fingerprint density at radius 1 is 0.714 bits per heavy atom. The van der Waals surface area contributed by atoms with E-state index >= 15 is 0 Å². The summed E-state index contributed by atoms with van der Waals surface area (Å²) in [6.45, 7) is 0.224. The highest BCUT2D eigenvalue weighted by molar-refractivity contribution is 7.88. The van der Waals surface area contributed by atoms with Gasteiger partial charge >= 0.3 is 37.2 Å². The maximum absolute atomic E-state index is 12.6. The second-order valence-corrected chi connectivity index (χ2v) is 9.09. The molecule has 0 aliphatic carbocycles. The van der Waals surface area contributed by atoms with Gasteiger partial charge in [-0.25, -0.2) is 4.79 Å². The van der Waals surface area contributed by atoms with Crippen molar-refractivity contribution in [2.75, 3.05) is 46.8 Å². The quantitative estimate of drug-likeness (QED) is 0.108. The van der Waals surface area contributed by atoms with Crippen molar-refractivity contribution >= 4 is 26.2 Å². The first kappa shape index (κ1) is 30.7. The smallest absolute Gasteiger partial charge is 0.460 e. The summed E-state index contributed by atoms with van der Waals surface area (Å²) >= 11 is 0. The van der Waals surface area contributed by atoms with E-state index in [1.54, 1.807) is 0 Å². The first-order chi connectivity index (χ1) is 16.0. The Hall–Kier alpha value is -2.35. The zero-order chi connectivity index (χ0) is 26.9. The lowest BCUT2D eigenvalue weighted by Gasteiger charge is -2.14. The summed E-state index contributed by atoms with van der Waals surface area (Å²) in [5.41, 5.74) is -12.8. The number of carbonyl (C=O) groups excluding carboxylic acids is 1. The van der Waals surface area contributed by atoms with E-state index < -0.39 is 60.9 Å². The Morgan fingerprint density at radius 3 is 1.51 bits per heavy atom. The number of benzene rings is 1. The van der Waals surface area contributed by atoms with Crippen LogP contribution in [0.1, 0.15) is 10.4 Å². The van der Waals surface area contributed by atoms with E-state index in [-0.39, 0.29) is 25.9 Å². The number of ether oxygens (including phenoxy) is 4. The van der Waals surface area contributed by atoms with Crippen molar-refractivity contribution in [1.82, 2.24) is 0 Å². The maximum Gasteiger partial charge on any atom is 0.534 e. The molecule has 1 aromatic rings. The number of alkyl halides is 6. The van der Waals surface area contributed by atoms with Crippen LogP contribution in [-0.4, -0.2) is 80.6 Å². The van der Waals surface area contributed by atoms with Crippen molar-refractivity contribution < 1.29 is 75.3 Å². The van der Waals surface area contributed by atoms with Gasteiger partial charge in [0.05, 0.1) is 38.6 Å².